The van der Waals surface area contributed by atoms with Crippen LogP contribution >= 0.6 is 11.8 Å². The molecule has 0 amide bonds. The molecule has 0 aliphatic rings. The van der Waals surface area contributed by atoms with Gasteiger partial charge in [0.05, 0.1) is 6.10 Å². The molecule has 1 atom stereocenters. The average Bonchev–Trinajstić information content (AvgIpc) is 2.37. The van der Waals surface area contributed by atoms with E-state index < -0.39 is 14.4 Å². The van der Waals surface area contributed by atoms with Crippen LogP contribution in [0.15, 0.2) is 11.6 Å². The van der Waals surface area contributed by atoms with Gasteiger partial charge in [-0.1, -0.05) is 59.4 Å². The maximum absolute atomic E-state index is 12.0. The monoisotopic (exact) mass is 374 g/mol. The summed E-state index contributed by atoms with van der Waals surface area (Å²) in [6, 6.07) is 0. The standard InChI is InChI=1S/C19H38O3SSi/c1-15(17(21)23-18(2,3)4)12-13-16(20)11-10-14-22-24(8,9)19(5,6)7/h12,16,20H,10-11,13-14H2,1-9H3/b15-12+/t16-/m1/s1. The van der Waals surface area contributed by atoms with E-state index in [1.165, 1.54) is 11.8 Å². The summed E-state index contributed by atoms with van der Waals surface area (Å²) in [6.07, 6.45) is 3.54. The maximum Gasteiger partial charge on any atom is 0.215 e. The summed E-state index contributed by atoms with van der Waals surface area (Å²) in [4.78, 5) is 12.0. The second kappa shape index (κ2) is 9.55. The van der Waals surface area contributed by atoms with Crippen LogP contribution < -0.4 is 0 Å². The van der Waals surface area contributed by atoms with Crippen LogP contribution in [0.3, 0.4) is 0 Å². The first-order valence-electron chi connectivity index (χ1n) is 8.88. The number of hydrogen-bond acceptors (Lipinski definition) is 4. The third-order valence-electron chi connectivity index (χ3n) is 4.37. The molecule has 1 N–H and O–H groups in total. The second-order valence-corrected chi connectivity index (χ2v) is 15.6. The number of thioether (sulfide) groups is 1. The Bertz CT molecular complexity index is 431. The minimum Gasteiger partial charge on any atom is -0.417 e. The molecular weight excluding hydrogens is 336 g/mol. The molecule has 0 fully saturated rings. The lowest BCUT2D eigenvalue weighted by molar-refractivity contribution is -0.107. The lowest BCUT2D eigenvalue weighted by atomic mass is 10.1. The Morgan fingerprint density at radius 2 is 1.75 bits per heavy atom. The van der Waals surface area contributed by atoms with Crippen molar-refractivity contribution in [3.63, 3.8) is 0 Å². The average molecular weight is 375 g/mol. The van der Waals surface area contributed by atoms with Gasteiger partial charge in [-0.05, 0) is 49.9 Å². The number of carbonyl (C=O) groups is 1. The van der Waals surface area contributed by atoms with E-state index in [1.54, 1.807) is 0 Å². The highest BCUT2D eigenvalue weighted by atomic mass is 32.2. The van der Waals surface area contributed by atoms with Crippen molar-refractivity contribution < 1.29 is 14.3 Å². The highest BCUT2D eigenvalue weighted by molar-refractivity contribution is 8.15. The van der Waals surface area contributed by atoms with E-state index in [-0.39, 0.29) is 14.9 Å². The van der Waals surface area contributed by atoms with Crippen LogP contribution in [0.1, 0.15) is 67.7 Å². The molecule has 0 radical (unpaired) electrons. The molecule has 3 nitrogen and oxygen atoms in total. The second-order valence-electron chi connectivity index (χ2n) is 9.03. The van der Waals surface area contributed by atoms with Crippen molar-refractivity contribution in [3.8, 4) is 0 Å². The van der Waals surface area contributed by atoms with Gasteiger partial charge in [-0.15, -0.1) is 0 Å². The topological polar surface area (TPSA) is 46.5 Å². The molecule has 0 aromatic carbocycles. The van der Waals surface area contributed by atoms with Gasteiger partial charge in [0.15, 0.2) is 8.32 Å². The molecule has 5 heteroatoms. The Labute approximate surface area is 154 Å². The first-order chi connectivity index (χ1) is 10.7. The Kier molecular flexibility index (Phi) is 9.51. The zero-order valence-electron chi connectivity index (χ0n) is 17.2. The molecule has 0 spiro atoms. The summed E-state index contributed by atoms with van der Waals surface area (Å²) < 4.78 is 6.04. The van der Waals surface area contributed by atoms with Crippen molar-refractivity contribution in [2.45, 2.75) is 96.7 Å². The van der Waals surface area contributed by atoms with Crippen LogP contribution in [-0.4, -0.2) is 36.0 Å². The molecule has 0 saturated carbocycles. The van der Waals surface area contributed by atoms with E-state index in [0.29, 0.717) is 19.4 Å². The van der Waals surface area contributed by atoms with Gasteiger partial charge >= 0.3 is 0 Å². The molecule has 0 bridgehead atoms. The van der Waals surface area contributed by atoms with Gasteiger partial charge in [-0.25, -0.2) is 0 Å². The van der Waals surface area contributed by atoms with E-state index >= 15 is 0 Å². The van der Waals surface area contributed by atoms with Crippen molar-refractivity contribution in [1.29, 1.82) is 0 Å². The summed E-state index contributed by atoms with van der Waals surface area (Å²) in [5, 5.41) is 10.4. The Morgan fingerprint density at radius 3 is 2.21 bits per heavy atom. The third kappa shape index (κ3) is 10.0. The SMILES string of the molecule is C/C(=C\C[C@H](O)CCCO[Si](C)(C)C(C)(C)C)C(=O)SC(C)(C)C. The molecule has 0 aromatic rings. The van der Waals surface area contributed by atoms with Crippen LogP contribution in [0.25, 0.3) is 0 Å². The zero-order valence-corrected chi connectivity index (χ0v) is 19.0. The predicted octanol–water partition coefficient (Wildman–Crippen LogP) is 5.54. The number of hydrogen-bond donors (Lipinski definition) is 1. The number of carbonyl (C=O) groups excluding carboxylic acids is 1. The smallest absolute Gasteiger partial charge is 0.215 e. The Balaban J connectivity index is 4.17. The molecule has 0 saturated heterocycles. The molecule has 0 unspecified atom stereocenters. The maximum atomic E-state index is 12.0. The number of aliphatic hydroxyl groups excluding tert-OH is 1. The fourth-order valence-electron chi connectivity index (χ4n) is 1.74. The van der Waals surface area contributed by atoms with Gasteiger partial charge in [0.1, 0.15) is 0 Å². The van der Waals surface area contributed by atoms with Gasteiger partial charge in [0, 0.05) is 11.4 Å². The van der Waals surface area contributed by atoms with Crippen molar-refractivity contribution in [3.05, 3.63) is 11.6 Å². The third-order valence-corrected chi connectivity index (χ3v) is 10.0. The van der Waals surface area contributed by atoms with Crippen LogP contribution in [0, 0.1) is 0 Å². The molecule has 0 aromatic heterocycles. The largest absolute Gasteiger partial charge is 0.417 e. The first kappa shape index (κ1) is 23.9. The Morgan fingerprint density at radius 1 is 1.21 bits per heavy atom. The predicted molar refractivity (Wildman–Crippen MR) is 109 cm³/mol. The highest BCUT2D eigenvalue weighted by Gasteiger charge is 2.36. The van der Waals surface area contributed by atoms with Crippen LogP contribution in [-0.2, 0) is 9.22 Å². The van der Waals surface area contributed by atoms with Crippen molar-refractivity contribution in [2.75, 3.05) is 6.61 Å². The molecule has 0 rings (SSSR count). The fourth-order valence-corrected chi connectivity index (χ4v) is 3.62. The van der Waals surface area contributed by atoms with Gasteiger partial charge in [-0.3, -0.25) is 4.79 Å². The van der Waals surface area contributed by atoms with E-state index in [4.69, 9.17) is 4.43 Å². The summed E-state index contributed by atoms with van der Waals surface area (Å²) in [6.45, 7) is 19.8. The first-order valence-corrected chi connectivity index (χ1v) is 12.6. The highest BCUT2D eigenvalue weighted by Crippen LogP contribution is 2.36. The summed E-state index contributed by atoms with van der Waals surface area (Å²) in [7, 11) is -1.69. The minimum atomic E-state index is -1.69. The normalized spacial score (nSPS) is 15.5. The fraction of sp³-hybridized carbons (Fsp3) is 0.842. The number of rotatable bonds is 8. The quantitative estimate of drug-likeness (QED) is 0.344. The molecule has 0 aliphatic heterocycles. The van der Waals surface area contributed by atoms with E-state index in [0.717, 1.165) is 12.0 Å². The van der Waals surface area contributed by atoms with Crippen LogP contribution in [0.4, 0.5) is 0 Å². The van der Waals surface area contributed by atoms with Crippen molar-refractivity contribution >= 4 is 25.2 Å². The van der Waals surface area contributed by atoms with Gasteiger partial charge < -0.3 is 9.53 Å². The summed E-state index contributed by atoms with van der Waals surface area (Å²) >= 11 is 1.34. The molecule has 142 valence electrons. The Hall–Kier alpha value is -0.103. The molecule has 0 heterocycles. The lowest BCUT2D eigenvalue weighted by Crippen LogP contribution is -2.41. The van der Waals surface area contributed by atoms with Gasteiger partial charge in [0.25, 0.3) is 0 Å². The zero-order chi connectivity index (χ0) is 19.2. The number of aliphatic hydroxyl groups is 1. The van der Waals surface area contributed by atoms with E-state index in [1.807, 2.05) is 33.8 Å². The minimum absolute atomic E-state index is 0.0775. The van der Waals surface area contributed by atoms with Crippen LogP contribution in [0.5, 0.6) is 0 Å². The summed E-state index contributed by atoms with van der Waals surface area (Å²) in [5.74, 6) is 0. The molecular formula is C19H38O3SSi. The lowest BCUT2D eigenvalue weighted by Gasteiger charge is -2.36. The van der Waals surface area contributed by atoms with Gasteiger partial charge in [-0.2, -0.15) is 0 Å². The van der Waals surface area contributed by atoms with Gasteiger partial charge in [0.2, 0.25) is 5.12 Å². The van der Waals surface area contributed by atoms with Crippen molar-refractivity contribution in [1.82, 2.24) is 0 Å². The van der Waals surface area contributed by atoms with Crippen LogP contribution in [0.2, 0.25) is 18.1 Å². The van der Waals surface area contributed by atoms with Crippen molar-refractivity contribution in [2.24, 2.45) is 0 Å². The summed E-state index contributed by atoms with van der Waals surface area (Å²) in [5.41, 5.74) is 0.728. The molecule has 24 heavy (non-hydrogen) atoms. The van der Waals surface area contributed by atoms with E-state index in [9.17, 15) is 9.90 Å². The molecule has 0 aliphatic carbocycles. The van der Waals surface area contributed by atoms with E-state index in [2.05, 4.69) is 33.9 Å².